The van der Waals surface area contributed by atoms with Gasteiger partial charge in [-0.15, -0.1) is 0 Å². The van der Waals surface area contributed by atoms with Gasteiger partial charge in [0.1, 0.15) is 0 Å². The lowest BCUT2D eigenvalue weighted by atomic mass is 9.98. The molecule has 0 saturated heterocycles. The summed E-state index contributed by atoms with van der Waals surface area (Å²) < 4.78 is 77.8. The summed E-state index contributed by atoms with van der Waals surface area (Å²) in [6, 6.07) is 3.32. The molecule has 0 unspecified atom stereocenters. The van der Waals surface area contributed by atoms with Gasteiger partial charge in [0, 0.05) is 11.1 Å². The van der Waals surface area contributed by atoms with Gasteiger partial charge in [0.2, 0.25) is 0 Å². The molecule has 1 N–H and O–H groups in total. The number of nitro benzene ring substituents is 1. The minimum Gasteiger partial charge on any atom is -0.478 e. The fourth-order valence-corrected chi connectivity index (χ4v) is 2.53. The summed E-state index contributed by atoms with van der Waals surface area (Å²) in [5.74, 6) is -1.80. The highest BCUT2D eigenvalue weighted by Crippen LogP contribution is 2.38. The summed E-state index contributed by atoms with van der Waals surface area (Å²) >= 11 is 5.63. The van der Waals surface area contributed by atoms with Crippen LogP contribution in [0.2, 0.25) is 5.02 Å². The second-order valence-electron chi connectivity index (χ2n) is 5.62. The van der Waals surface area contributed by atoms with Crippen molar-refractivity contribution >= 4 is 34.9 Å². The van der Waals surface area contributed by atoms with Gasteiger partial charge in [-0.1, -0.05) is 11.6 Å². The normalized spacial score (nSPS) is 12.7. The van der Waals surface area contributed by atoms with Gasteiger partial charge in [-0.25, -0.2) is 4.79 Å². The molecule has 0 aliphatic rings. The molecule has 0 spiro atoms. The van der Waals surface area contributed by atoms with Crippen molar-refractivity contribution in [2.45, 2.75) is 12.4 Å². The van der Waals surface area contributed by atoms with E-state index in [1.165, 1.54) is 0 Å². The lowest BCUT2D eigenvalue weighted by molar-refractivity contribution is -0.385. The third-order valence-electron chi connectivity index (χ3n) is 3.60. The number of carbonyl (C=O) groups is 1. The van der Waals surface area contributed by atoms with E-state index in [0.717, 1.165) is 18.2 Å². The topological polar surface area (TPSA) is 80.4 Å². The highest BCUT2D eigenvalue weighted by Gasteiger charge is 2.37. The van der Waals surface area contributed by atoms with Crippen molar-refractivity contribution in [3.8, 4) is 0 Å². The molecule has 2 aromatic carbocycles. The Kier molecular flexibility index (Phi) is 5.93. The first kappa shape index (κ1) is 22.2. The number of benzene rings is 2. The van der Waals surface area contributed by atoms with Crippen LogP contribution >= 0.6 is 11.6 Å². The van der Waals surface area contributed by atoms with Crippen LogP contribution in [0.4, 0.5) is 32.0 Å². The van der Waals surface area contributed by atoms with Gasteiger partial charge in [-0.3, -0.25) is 10.1 Å². The van der Waals surface area contributed by atoms with Crippen molar-refractivity contribution in [3.63, 3.8) is 0 Å². The molecule has 0 atom stereocenters. The molecular formula is C17H8ClF6NO4. The molecule has 0 saturated carbocycles. The third kappa shape index (κ3) is 5.25. The molecule has 2 rings (SSSR count). The highest BCUT2D eigenvalue weighted by atomic mass is 35.5. The van der Waals surface area contributed by atoms with E-state index >= 15 is 0 Å². The van der Waals surface area contributed by atoms with Crippen LogP contribution in [0, 0.1) is 10.1 Å². The largest absolute Gasteiger partial charge is 0.478 e. The maximum atomic E-state index is 13.0. The van der Waals surface area contributed by atoms with Crippen molar-refractivity contribution in [2.24, 2.45) is 0 Å². The molecule has 154 valence electrons. The summed E-state index contributed by atoms with van der Waals surface area (Å²) in [6.07, 6.45) is -9.79. The number of aliphatic carboxylic acids is 1. The Morgan fingerprint density at radius 2 is 1.52 bits per heavy atom. The van der Waals surface area contributed by atoms with E-state index in [-0.39, 0.29) is 11.1 Å². The molecule has 29 heavy (non-hydrogen) atoms. The summed E-state index contributed by atoms with van der Waals surface area (Å²) in [5.41, 5.74) is -6.29. The molecule has 0 aliphatic heterocycles. The molecule has 0 aromatic heterocycles. The zero-order valence-corrected chi connectivity index (χ0v) is 14.6. The molecule has 5 nitrogen and oxygen atoms in total. The van der Waals surface area contributed by atoms with Gasteiger partial charge in [-0.05, 0) is 42.0 Å². The van der Waals surface area contributed by atoms with Gasteiger partial charge >= 0.3 is 18.3 Å². The number of hydrogen-bond donors (Lipinski definition) is 1. The SMILES string of the molecule is O=C(O)/C(=C\c1cc(C(F)(F)F)cc(C(F)(F)F)c1)c1ccc(Cl)cc1[N+](=O)[O-]. The molecule has 2 aromatic rings. The highest BCUT2D eigenvalue weighted by molar-refractivity contribution is 6.31. The van der Waals surface area contributed by atoms with Crippen LogP contribution in [0.15, 0.2) is 36.4 Å². The van der Waals surface area contributed by atoms with Gasteiger partial charge in [-0.2, -0.15) is 26.3 Å². The Balaban J connectivity index is 2.78. The Morgan fingerprint density at radius 1 is 1.00 bits per heavy atom. The summed E-state index contributed by atoms with van der Waals surface area (Å²) in [4.78, 5) is 21.7. The monoisotopic (exact) mass is 439 g/mol. The van der Waals surface area contributed by atoms with E-state index in [2.05, 4.69) is 0 Å². The fourth-order valence-electron chi connectivity index (χ4n) is 2.37. The average molecular weight is 440 g/mol. The Labute approximate surface area is 163 Å². The predicted octanol–water partition coefficient (Wildman–Crippen LogP) is 5.91. The van der Waals surface area contributed by atoms with Gasteiger partial charge in [0.25, 0.3) is 5.69 Å². The second-order valence-corrected chi connectivity index (χ2v) is 6.06. The smallest absolute Gasteiger partial charge is 0.416 e. The fraction of sp³-hybridized carbons (Fsp3) is 0.118. The number of carboxylic acids is 1. The first-order valence-corrected chi connectivity index (χ1v) is 7.76. The first-order valence-electron chi connectivity index (χ1n) is 7.39. The van der Waals surface area contributed by atoms with Crippen LogP contribution in [0.3, 0.4) is 0 Å². The minimum absolute atomic E-state index is 0.122. The standard InChI is InChI=1S/C17H8ClF6NO4/c18-11-1-2-12(14(7-11)25(28)29)13(15(26)27)5-8-3-9(16(19,20)21)6-10(4-8)17(22,23)24/h1-7H,(H,26,27)/b13-5-. The van der Waals surface area contributed by atoms with Gasteiger partial charge in [0.15, 0.2) is 0 Å². The summed E-state index contributed by atoms with van der Waals surface area (Å²) in [6.45, 7) is 0. The van der Waals surface area contributed by atoms with Crippen molar-refractivity contribution in [2.75, 3.05) is 0 Å². The number of nitro groups is 1. The summed E-state index contributed by atoms with van der Waals surface area (Å²) in [5, 5.41) is 20.4. The van der Waals surface area contributed by atoms with Crippen molar-refractivity contribution in [1.82, 2.24) is 0 Å². The first-order chi connectivity index (χ1) is 13.2. The Hall–Kier alpha value is -3.08. The van der Waals surface area contributed by atoms with E-state index < -0.39 is 56.8 Å². The van der Waals surface area contributed by atoms with Crippen molar-refractivity contribution in [1.29, 1.82) is 0 Å². The number of halogens is 7. The van der Waals surface area contributed by atoms with E-state index in [4.69, 9.17) is 11.6 Å². The number of carboxylic acid groups (broad SMARTS) is 1. The van der Waals surface area contributed by atoms with Crippen LogP contribution in [0.1, 0.15) is 22.3 Å². The van der Waals surface area contributed by atoms with Crippen molar-refractivity contribution < 1.29 is 41.2 Å². The van der Waals surface area contributed by atoms with E-state index in [1.807, 2.05) is 0 Å². The molecule has 12 heteroatoms. The molecule has 0 heterocycles. The molecule has 0 fully saturated rings. The zero-order chi connectivity index (χ0) is 22.1. The molecule has 0 aliphatic carbocycles. The number of rotatable bonds is 4. The molecular weight excluding hydrogens is 432 g/mol. The molecule has 0 amide bonds. The second kappa shape index (κ2) is 7.74. The van der Waals surface area contributed by atoms with E-state index in [9.17, 15) is 46.4 Å². The Bertz CT molecular complexity index is 982. The van der Waals surface area contributed by atoms with Crippen LogP contribution in [0.5, 0.6) is 0 Å². The lowest BCUT2D eigenvalue weighted by Crippen LogP contribution is -2.11. The van der Waals surface area contributed by atoms with Crippen molar-refractivity contribution in [3.05, 3.63) is 73.8 Å². The lowest BCUT2D eigenvalue weighted by Gasteiger charge is -2.13. The molecule has 0 bridgehead atoms. The van der Waals surface area contributed by atoms with Gasteiger partial charge in [0.05, 0.1) is 27.2 Å². The molecule has 0 radical (unpaired) electrons. The van der Waals surface area contributed by atoms with E-state index in [1.54, 1.807) is 0 Å². The quantitative estimate of drug-likeness (QED) is 0.211. The van der Waals surface area contributed by atoms with Crippen LogP contribution in [-0.2, 0) is 17.1 Å². The number of alkyl halides is 6. The zero-order valence-electron chi connectivity index (χ0n) is 13.8. The minimum atomic E-state index is -5.14. The number of nitrogens with zero attached hydrogens (tertiary/aromatic N) is 1. The van der Waals surface area contributed by atoms with E-state index in [0.29, 0.717) is 18.2 Å². The summed E-state index contributed by atoms with van der Waals surface area (Å²) in [7, 11) is 0. The van der Waals surface area contributed by atoms with Crippen LogP contribution < -0.4 is 0 Å². The maximum absolute atomic E-state index is 13.0. The maximum Gasteiger partial charge on any atom is 0.416 e. The third-order valence-corrected chi connectivity index (χ3v) is 3.83. The number of hydrogen-bond acceptors (Lipinski definition) is 3. The van der Waals surface area contributed by atoms with Crippen LogP contribution in [-0.4, -0.2) is 16.0 Å². The van der Waals surface area contributed by atoms with Crippen LogP contribution in [0.25, 0.3) is 11.6 Å². The van der Waals surface area contributed by atoms with Gasteiger partial charge < -0.3 is 5.11 Å². The predicted molar refractivity (Wildman–Crippen MR) is 90.1 cm³/mol. The Morgan fingerprint density at radius 3 is 1.93 bits per heavy atom. The average Bonchev–Trinajstić information content (AvgIpc) is 2.58.